The molecule has 106 valence electrons. The Hall–Kier alpha value is -1.02. The predicted molar refractivity (Wildman–Crippen MR) is 81.0 cm³/mol. The molecule has 0 spiro atoms. The Morgan fingerprint density at radius 1 is 1.21 bits per heavy atom. The first-order chi connectivity index (χ1) is 9.00. The van der Waals surface area contributed by atoms with E-state index < -0.39 is 0 Å². The standard InChI is InChI=1S/C17H27NO/c1-11(2)14-9-8-13(5)16-15(18-12(3)4)7-6-10-19-17(14)16/h8-9,11-12,15,18H,6-7,10H2,1-5H3. The number of hydrogen-bond acceptors (Lipinski definition) is 2. The van der Waals surface area contributed by atoms with Crippen molar-refractivity contribution in [3.63, 3.8) is 0 Å². The van der Waals surface area contributed by atoms with Gasteiger partial charge in [0.1, 0.15) is 5.75 Å². The zero-order valence-electron chi connectivity index (χ0n) is 12.9. The molecule has 2 heteroatoms. The van der Waals surface area contributed by atoms with E-state index in [9.17, 15) is 0 Å². The van der Waals surface area contributed by atoms with Crippen molar-refractivity contribution in [3.05, 3.63) is 28.8 Å². The van der Waals surface area contributed by atoms with Gasteiger partial charge in [0.15, 0.2) is 0 Å². The quantitative estimate of drug-likeness (QED) is 0.874. The third-order valence-electron chi connectivity index (χ3n) is 3.83. The lowest BCUT2D eigenvalue weighted by Crippen LogP contribution is -2.28. The normalized spacial score (nSPS) is 19.2. The molecule has 0 bridgehead atoms. The molecule has 0 fully saturated rings. The van der Waals surface area contributed by atoms with Gasteiger partial charge in [0, 0.05) is 17.6 Å². The van der Waals surface area contributed by atoms with Gasteiger partial charge >= 0.3 is 0 Å². The molecule has 0 saturated carbocycles. The lowest BCUT2D eigenvalue weighted by atomic mass is 9.91. The molecule has 1 aliphatic rings. The van der Waals surface area contributed by atoms with E-state index in [-0.39, 0.29) is 0 Å². The summed E-state index contributed by atoms with van der Waals surface area (Å²) < 4.78 is 6.09. The van der Waals surface area contributed by atoms with Crippen LogP contribution in [0.2, 0.25) is 0 Å². The maximum atomic E-state index is 6.09. The predicted octanol–water partition coefficient (Wildman–Crippen LogP) is 4.33. The molecule has 2 nitrogen and oxygen atoms in total. The molecule has 19 heavy (non-hydrogen) atoms. The summed E-state index contributed by atoms with van der Waals surface area (Å²) in [7, 11) is 0. The van der Waals surface area contributed by atoms with Gasteiger partial charge in [-0.25, -0.2) is 0 Å². The molecular weight excluding hydrogens is 234 g/mol. The summed E-state index contributed by atoms with van der Waals surface area (Å²) in [5.74, 6) is 1.65. The fraction of sp³-hybridized carbons (Fsp3) is 0.647. The van der Waals surface area contributed by atoms with Crippen LogP contribution in [0.1, 0.15) is 69.2 Å². The van der Waals surface area contributed by atoms with E-state index in [0.717, 1.165) is 25.2 Å². The Balaban J connectivity index is 2.49. The van der Waals surface area contributed by atoms with Crippen molar-refractivity contribution in [1.82, 2.24) is 5.32 Å². The van der Waals surface area contributed by atoms with Crippen LogP contribution < -0.4 is 10.1 Å². The van der Waals surface area contributed by atoms with Crippen LogP contribution >= 0.6 is 0 Å². The average Bonchev–Trinajstić information content (AvgIpc) is 2.52. The van der Waals surface area contributed by atoms with Crippen LogP contribution in [0.3, 0.4) is 0 Å². The highest BCUT2D eigenvalue weighted by Gasteiger charge is 2.25. The summed E-state index contributed by atoms with van der Waals surface area (Å²) >= 11 is 0. The van der Waals surface area contributed by atoms with Gasteiger partial charge in [-0.2, -0.15) is 0 Å². The van der Waals surface area contributed by atoms with Crippen molar-refractivity contribution in [2.45, 2.75) is 65.5 Å². The second kappa shape index (κ2) is 5.96. The van der Waals surface area contributed by atoms with Crippen molar-refractivity contribution < 1.29 is 4.74 Å². The van der Waals surface area contributed by atoms with Crippen LogP contribution in [-0.4, -0.2) is 12.6 Å². The average molecular weight is 261 g/mol. The second-order valence-corrected chi connectivity index (χ2v) is 6.23. The topological polar surface area (TPSA) is 21.3 Å². The van der Waals surface area contributed by atoms with Crippen molar-refractivity contribution >= 4 is 0 Å². The number of nitrogens with one attached hydrogen (secondary N) is 1. The first-order valence-electron chi connectivity index (χ1n) is 7.53. The molecule has 1 aromatic carbocycles. The molecule has 0 amide bonds. The number of rotatable bonds is 3. The molecule has 1 aromatic rings. The minimum absolute atomic E-state index is 0.427. The Morgan fingerprint density at radius 2 is 1.95 bits per heavy atom. The van der Waals surface area contributed by atoms with E-state index in [1.807, 2.05) is 0 Å². The van der Waals surface area contributed by atoms with Gasteiger partial charge in [0.25, 0.3) is 0 Å². The minimum atomic E-state index is 0.427. The fourth-order valence-electron chi connectivity index (χ4n) is 2.94. The molecule has 0 radical (unpaired) electrons. The van der Waals surface area contributed by atoms with Gasteiger partial charge in [0.2, 0.25) is 0 Å². The summed E-state index contributed by atoms with van der Waals surface area (Å²) in [4.78, 5) is 0. The van der Waals surface area contributed by atoms with Crippen LogP contribution in [0.15, 0.2) is 12.1 Å². The van der Waals surface area contributed by atoms with E-state index in [0.29, 0.717) is 18.0 Å². The van der Waals surface area contributed by atoms with Crippen LogP contribution in [0.25, 0.3) is 0 Å². The van der Waals surface area contributed by atoms with E-state index in [4.69, 9.17) is 4.74 Å². The molecule has 0 aliphatic carbocycles. The second-order valence-electron chi connectivity index (χ2n) is 6.23. The first kappa shape index (κ1) is 14.4. The van der Waals surface area contributed by atoms with Crippen LogP contribution in [0, 0.1) is 6.92 Å². The molecular formula is C17H27NO. The van der Waals surface area contributed by atoms with Crippen molar-refractivity contribution in [1.29, 1.82) is 0 Å². The van der Waals surface area contributed by atoms with Gasteiger partial charge in [-0.1, -0.05) is 39.8 Å². The molecule has 2 rings (SSSR count). The Labute approximate surface area is 117 Å². The summed E-state index contributed by atoms with van der Waals surface area (Å²) in [6.45, 7) is 12.0. The highest BCUT2D eigenvalue weighted by molar-refractivity contribution is 5.49. The lowest BCUT2D eigenvalue weighted by Gasteiger charge is -2.25. The summed E-state index contributed by atoms with van der Waals surface area (Å²) in [6, 6.07) is 5.41. The fourth-order valence-corrected chi connectivity index (χ4v) is 2.94. The lowest BCUT2D eigenvalue weighted by molar-refractivity contribution is 0.310. The Morgan fingerprint density at radius 3 is 2.58 bits per heavy atom. The molecule has 1 aliphatic heterocycles. The molecule has 1 unspecified atom stereocenters. The third-order valence-corrected chi connectivity index (χ3v) is 3.83. The number of ether oxygens (including phenoxy) is 1. The SMILES string of the molecule is Cc1ccc(C(C)C)c2c1C(NC(C)C)CCCO2. The van der Waals surface area contributed by atoms with E-state index in [2.05, 4.69) is 52.1 Å². The maximum Gasteiger partial charge on any atom is 0.127 e. The highest BCUT2D eigenvalue weighted by atomic mass is 16.5. The largest absolute Gasteiger partial charge is 0.493 e. The number of hydrogen-bond donors (Lipinski definition) is 1. The molecule has 0 aromatic heterocycles. The highest BCUT2D eigenvalue weighted by Crippen LogP contribution is 2.39. The molecule has 1 atom stereocenters. The van der Waals surface area contributed by atoms with E-state index >= 15 is 0 Å². The molecule has 1 heterocycles. The van der Waals surface area contributed by atoms with Crippen molar-refractivity contribution in [2.24, 2.45) is 0 Å². The van der Waals surface area contributed by atoms with Gasteiger partial charge in [0.05, 0.1) is 6.61 Å². The van der Waals surface area contributed by atoms with Crippen LogP contribution in [-0.2, 0) is 0 Å². The number of benzene rings is 1. The zero-order valence-corrected chi connectivity index (χ0v) is 12.9. The zero-order chi connectivity index (χ0) is 14.0. The van der Waals surface area contributed by atoms with E-state index in [1.54, 1.807) is 0 Å². The summed E-state index contributed by atoms with van der Waals surface area (Å²) in [6.07, 6.45) is 2.28. The smallest absolute Gasteiger partial charge is 0.127 e. The van der Waals surface area contributed by atoms with E-state index in [1.165, 1.54) is 16.7 Å². The number of aryl methyl sites for hydroxylation is 1. The Kier molecular flexibility index (Phi) is 4.51. The third kappa shape index (κ3) is 3.11. The van der Waals surface area contributed by atoms with Crippen LogP contribution in [0.5, 0.6) is 5.75 Å². The monoisotopic (exact) mass is 261 g/mol. The minimum Gasteiger partial charge on any atom is -0.493 e. The molecule has 1 N–H and O–H groups in total. The number of fused-ring (bicyclic) bond motifs is 1. The first-order valence-corrected chi connectivity index (χ1v) is 7.53. The van der Waals surface area contributed by atoms with Crippen LogP contribution in [0.4, 0.5) is 0 Å². The summed E-state index contributed by atoms with van der Waals surface area (Å²) in [5.41, 5.74) is 4.08. The van der Waals surface area contributed by atoms with Gasteiger partial charge in [-0.3, -0.25) is 0 Å². The maximum absolute atomic E-state index is 6.09. The van der Waals surface area contributed by atoms with Gasteiger partial charge in [-0.05, 0) is 36.8 Å². The van der Waals surface area contributed by atoms with Crippen molar-refractivity contribution in [2.75, 3.05) is 6.61 Å². The molecule has 0 saturated heterocycles. The summed E-state index contributed by atoms with van der Waals surface area (Å²) in [5, 5.41) is 3.70. The van der Waals surface area contributed by atoms with Gasteiger partial charge < -0.3 is 10.1 Å². The van der Waals surface area contributed by atoms with Gasteiger partial charge in [-0.15, -0.1) is 0 Å². The Bertz CT molecular complexity index is 437. The van der Waals surface area contributed by atoms with Crippen molar-refractivity contribution in [3.8, 4) is 5.75 Å².